The predicted molar refractivity (Wildman–Crippen MR) is 174 cm³/mol. The number of allylic oxidation sites excluding steroid dienone is 4. The Morgan fingerprint density at radius 1 is 0.535 bits per heavy atom. The summed E-state index contributed by atoms with van der Waals surface area (Å²) in [6, 6.07) is 41.8. The Morgan fingerprint density at radius 2 is 1.19 bits per heavy atom. The van der Waals surface area contributed by atoms with E-state index in [0.717, 1.165) is 56.4 Å². The van der Waals surface area contributed by atoms with Gasteiger partial charge >= 0.3 is 0 Å². The molecule has 1 unspecified atom stereocenters. The molecule has 7 aromatic rings. The van der Waals surface area contributed by atoms with Gasteiger partial charge in [0.1, 0.15) is 17.0 Å². The van der Waals surface area contributed by atoms with E-state index in [1.165, 1.54) is 11.1 Å². The largest absolute Gasteiger partial charge is 0.456 e. The first kappa shape index (κ1) is 25.1. The van der Waals surface area contributed by atoms with E-state index in [4.69, 9.17) is 19.4 Å². The minimum atomic E-state index is 0.0829. The van der Waals surface area contributed by atoms with Crippen LogP contribution in [-0.2, 0) is 0 Å². The van der Waals surface area contributed by atoms with E-state index in [1.807, 2.05) is 54.6 Å². The van der Waals surface area contributed by atoms with Crippen molar-refractivity contribution in [2.24, 2.45) is 0 Å². The number of fused-ring (bicyclic) bond motifs is 3. The lowest BCUT2D eigenvalue weighted by Gasteiger charge is -2.15. The van der Waals surface area contributed by atoms with Gasteiger partial charge < -0.3 is 4.42 Å². The Kier molecular flexibility index (Phi) is 6.23. The van der Waals surface area contributed by atoms with Crippen molar-refractivity contribution in [1.29, 1.82) is 0 Å². The summed E-state index contributed by atoms with van der Waals surface area (Å²) in [6.45, 7) is 0. The van der Waals surface area contributed by atoms with Gasteiger partial charge in [-0.05, 0) is 46.9 Å². The molecule has 0 radical (unpaired) electrons. The maximum atomic E-state index is 6.44. The van der Waals surface area contributed by atoms with E-state index >= 15 is 0 Å². The summed E-state index contributed by atoms with van der Waals surface area (Å²) in [7, 11) is 0. The van der Waals surface area contributed by atoms with Crippen molar-refractivity contribution in [2.45, 2.75) is 12.3 Å². The summed E-state index contributed by atoms with van der Waals surface area (Å²) >= 11 is 0. The van der Waals surface area contributed by atoms with Crippen molar-refractivity contribution in [3.05, 3.63) is 151 Å². The van der Waals surface area contributed by atoms with Crippen LogP contribution in [-0.4, -0.2) is 15.0 Å². The first-order valence-electron chi connectivity index (χ1n) is 14.6. The van der Waals surface area contributed by atoms with Gasteiger partial charge in [0.2, 0.25) is 0 Å². The number of para-hydroxylation sites is 1. The molecule has 0 spiro atoms. The third kappa shape index (κ3) is 4.73. The molecule has 0 bridgehead atoms. The van der Waals surface area contributed by atoms with Gasteiger partial charge in [0.15, 0.2) is 11.6 Å². The summed E-state index contributed by atoms with van der Waals surface area (Å²) in [6.07, 6.45) is 9.33. The molecule has 4 nitrogen and oxygen atoms in total. The molecule has 5 aromatic carbocycles. The minimum Gasteiger partial charge on any atom is -0.456 e. The zero-order valence-electron chi connectivity index (χ0n) is 23.4. The van der Waals surface area contributed by atoms with Crippen molar-refractivity contribution >= 4 is 21.9 Å². The molecule has 2 heterocycles. The molecule has 1 aliphatic rings. The van der Waals surface area contributed by atoms with Gasteiger partial charge in [-0.2, -0.15) is 0 Å². The molecular formula is C39H27N3O. The highest BCUT2D eigenvalue weighted by molar-refractivity contribution is 6.13. The molecule has 2 aromatic heterocycles. The Balaban J connectivity index is 1.35. The Bertz CT molecular complexity index is 2140. The van der Waals surface area contributed by atoms with Crippen LogP contribution >= 0.6 is 0 Å². The van der Waals surface area contributed by atoms with Crippen LogP contribution < -0.4 is 0 Å². The summed E-state index contributed by atoms with van der Waals surface area (Å²) in [5.74, 6) is 2.16. The Morgan fingerprint density at radius 3 is 1.93 bits per heavy atom. The smallest absolute Gasteiger partial charge is 0.164 e. The van der Waals surface area contributed by atoms with E-state index in [1.54, 1.807) is 0 Å². The van der Waals surface area contributed by atoms with Crippen LogP contribution in [0.2, 0.25) is 0 Å². The molecule has 43 heavy (non-hydrogen) atoms. The fraction of sp³-hybridized carbons (Fsp3) is 0.0513. The third-order valence-electron chi connectivity index (χ3n) is 8.04. The highest BCUT2D eigenvalue weighted by Crippen LogP contribution is 2.40. The number of rotatable bonds is 5. The Labute approximate surface area is 249 Å². The lowest BCUT2D eigenvalue weighted by atomic mass is 9.96. The second-order valence-corrected chi connectivity index (χ2v) is 10.8. The molecule has 1 atom stereocenters. The maximum absolute atomic E-state index is 6.44. The molecule has 0 saturated heterocycles. The molecular weight excluding hydrogens is 526 g/mol. The second-order valence-electron chi connectivity index (χ2n) is 10.8. The number of hydrogen-bond acceptors (Lipinski definition) is 4. The number of aromatic nitrogens is 3. The average Bonchev–Trinajstić information content (AvgIpc) is 3.47. The normalized spacial score (nSPS) is 14.5. The fourth-order valence-corrected chi connectivity index (χ4v) is 5.85. The first-order valence-corrected chi connectivity index (χ1v) is 14.6. The summed E-state index contributed by atoms with van der Waals surface area (Å²) in [4.78, 5) is 15.2. The molecule has 0 aliphatic heterocycles. The number of nitrogens with zero attached hydrogens (tertiary/aromatic N) is 3. The molecule has 0 saturated carbocycles. The van der Waals surface area contributed by atoms with Gasteiger partial charge in [0.05, 0.1) is 0 Å². The van der Waals surface area contributed by atoms with Gasteiger partial charge in [-0.1, -0.05) is 127 Å². The molecule has 0 amide bonds. The van der Waals surface area contributed by atoms with Crippen LogP contribution in [0.1, 0.15) is 18.2 Å². The van der Waals surface area contributed by atoms with Crippen molar-refractivity contribution in [2.75, 3.05) is 0 Å². The summed E-state index contributed by atoms with van der Waals surface area (Å²) in [5, 5.41) is 2.05. The van der Waals surface area contributed by atoms with Gasteiger partial charge in [-0.25, -0.2) is 15.0 Å². The monoisotopic (exact) mass is 553 g/mol. The molecule has 8 rings (SSSR count). The van der Waals surface area contributed by atoms with E-state index < -0.39 is 0 Å². The number of hydrogen-bond donors (Lipinski definition) is 0. The summed E-state index contributed by atoms with van der Waals surface area (Å²) in [5.41, 5.74) is 8.06. The van der Waals surface area contributed by atoms with Crippen molar-refractivity contribution < 1.29 is 4.42 Å². The highest BCUT2D eigenvalue weighted by Gasteiger charge is 2.21. The van der Waals surface area contributed by atoms with Crippen molar-refractivity contribution in [3.63, 3.8) is 0 Å². The van der Waals surface area contributed by atoms with Gasteiger partial charge in [-0.15, -0.1) is 0 Å². The van der Waals surface area contributed by atoms with Crippen LogP contribution in [0.4, 0.5) is 0 Å². The molecule has 4 heteroatoms. The Hall–Kier alpha value is -5.61. The second kappa shape index (κ2) is 10.7. The van der Waals surface area contributed by atoms with Crippen molar-refractivity contribution in [3.8, 4) is 45.0 Å². The fourth-order valence-electron chi connectivity index (χ4n) is 5.85. The molecule has 0 fully saturated rings. The average molecular weight is 554 g/mol. The zero-order valence-corrected chi connectivity index (χ0v) is 23.4. The van der Waals surface area contributed by atoms with Gasteiger partial charge in [0.25, 0.3) is 0 Å². The number of benzene rings is 5. The van der Waals surface area contributed by atoms with Crippen LogP contribution in [0.5, 0.6) is 0 Å². The summed E-state index contributed by atoms with van der Waals surface area (Å²) < 4.78 is 6.44. The van der Waals surface area contributed by atoms with E-state index in [9.17, 15) is 0 Å². The lowest BCUT2D eigenvalue weighted by Crippen LogP contribution is -2.08. The van der Waals surface area contributed by atoms with E-state index in [0.29, 0.717) is 11.6 Å². The van der Waals surface area contributed by atoms with Crippen molar-refractivity contribution in [1.82, 2.24) is 15.0 Å². The van der Waals surface area contributed by atoms with Crippen LogP contribution in [0.25, 0.3) is 67.0 Å². The maximum Gasteiger partial charge on any atom is 0.164 e. The van der Waals surface area contributed by atoms with E-state index in [2.05, 4.69) is 91.0 Å². The predicted octanol–water partition coefficient (Wildman–Crippen LogP) is 10.0. The molecule has 0 N–H and O–H groups in total. The lowest BCUT2D eigenvalue weighted by molar-refractivity contribution is 0.669. The SMILES string of the molecule is C1=CCC(c2nc(-c3ccccc3)nc(-c3cc(-c4ccc(-c5ccccc5)cc4)cc4oc5ccccc5c34)n2)C=C1. The number of furan rings is 1. The minimum absolute atomic E-state index is 0.0829. The topological polar surface area (TPSA) is 51.8 Å². The van der Waals surface area contributed by atoms with Crippen LogP contribution in [0.15, 0.2) is 150 Å². The van der Waals surface area contributed by atoms with Crippen LogP contribution in [0, 0.1) is 0 Å². The van der Waals surface area contributed by atoms with Gasteiger partial charge in [0, 0.05) is 27.8 Å². The standard InChI is InChI=1S/C39H27N3O/c1-4-12-26(13-5-1)27-20-22-28(23-21-27)31-24-33(36-32-18-10-11-19-34(32)43-35(36)25-31)39-41-37(29-14-6-2-7-15-29)40-38(42-39)30-16-8-3-9-17-30/h1-16,18-25,30H,17H2. The third-order valence-corrected chi connectivity index (χ3v) is 8.04. The molecule has 204 valence electrons. The zero-order chi connectivity index (χ0) is 28.6. The van der Waals surface area contributed by atoms with Gasteiger partial charge in [-0.3, -0.25) is 0 Å². The van der Waals surface area contributed by atoms with Crippen LogP contribution in [0.3, 0.4) is 0 Å². The first-order chi connectivity index (χ1) is 21.3. The quantitative estimate of drug-likeness (QED) is 0.213. The van der Waals surface area contributed by atoms with E-state index in [-0.39, 0.29) is 5.92 Å². The highest BCUT2D eigenvalue weighted by atomic mass is 16.3. The molecule has 1 aliphatic carbocycles.